The smallest absolute Gasteiger partial charge is 0.222 e. The number of allylic oxidation sites excluding steroid dienone is 1. The third-order valence-corrected chi connectivity index (χ3v) is 13.0. The molecule has 8 atom stereocenters. The summed E-state index contributed by atoms with van der Waals surface area (Å²) in [6.07, 6.45) is 13.8. The molecule has 4 fully saturated rings. The summed E-state index contributed by atoms with van der Waals surface area (Å²) in [4.78, 5) is 17.5. The molecule has 0 aromatic carbocycles. The number of rotatable bonds is 5. The Hall–Kier alpha value is -1.47. The summed E-state index contributed by atoms with van der Waals surface area (Å²) in [6, 6.07) is 0. The van der Waals surface area contributed by atoms with Gasteiger partial charge in [0.25, 0.3) is 0 Å². The van der Waals surface area contributed by atoms with Gasteiger partial charge in [-0.25, -0.2) is 0 Å². The van der Waals surface area contributed by atoms with E-state index in [1.807, 2.05) is 6.92 Å². The minimum atomic E-state index is -0.123. The van der Waals surface area contributed by atoms with Gasteiger partial charge in [0.15, 0.2) is 0 Å². The molecule has 0 bridgehead atoms. The van der Waals surface area contributed by atoms with Gasteiger partial charge in [-0.1, -0.05) is 43.8 Å². The van der Waals surface area contributed by atoms with Crippen molar-refractivity contribution < 1.29 is 9.90 Å². The molecule has 1 aromatic heterocycles. The van der Waals surface area contributed by atoms with Crippen molar-refractivity contribution in [3.8, 4) is 0 Å². The third-order valence-electron chi connectivity index (χ3n) is 12.1. The molecule has 38 heavy (non-hydrogen) atoms. The number of anilines is 1. The molecule has 1 N–H and O–H groups in total. The molecular formula is C31H48N4O2S. The summed E-state index contributed by atoms with van der Waals surface area (Å²) in [6.45, 7) is 12.9. The molecule has 1 aromatic rings. The fourth-order valence-corrected chi connectivity index (χ4v) is 10.6. The number of nitrogens with zero attached hydrogens (tertiary/aromatic N) is 4. The van der Waals surface area contributed by atoms with Crippen LogP contribution in [0.1, 0.15) is 90.0 Å². The molecule has 6 nitrogen and oxygen atoms in total. The van der Waals surface area contributed by atoms with Crippen LogP contribution >= 0.6 is 11.3 Å². The number of amides is 1. The second-order valence-electron chi connectivity index (χ2n) is 13.9. The zero-order valence-corrected chi connectivity index (χ0v) is 24.8. The van der Waals surface area contributed by atoms with Crippen molar-refractivity contribution in [1.82, 2.24) is 15.1 Å². The predicted molar refractivity (Wildman–Crippen MR) is 153 cm³/mol. The third kappa shape index (κ3) is 4.53. The van der Waals surface area contributed by atoms with Gasteiger partial charge in [-0.3, -0.25) is 4.79 Å². The van der Waals surface area contributed by atoms with E-state index in [4.69, 9.17) is 0 Å². The topological polar surface area (TPSA) is 69.6 Å². The van der Waals surface area contributed by atoms with E-state index in [-0.39, 0.29) is 6.10 Å². The minimum Gasteiger partial charge on any atom is -0.393 e. The Morgan fingerprint density at radius 1 is 1.11 bits per heavy atom. The molecule has 1 aliphatic heterocycles. The van der Waals surface area contributed by atoms with Gasteiger partial charge in [-0.15, -0.1) is 10.2 Å². The first-order chi connectivity index (χ1) is 18.2. The summed E-state index contributed by atoms with van der Waals surface area (Å²) in [5.74, 6) is 4.11. The van der Waals surface area contributed by atoms with Crippen LogP contribution in [0.4, 0.5) is 5.13 Å². The highest BCUT2D eigenvalue weighted by Crippen LogP contribution is 2.67. The summed E-state index contributed by atoms with van der Waals surface area (Å²) in [5.41, 5.74) is 2.31. The monoisotopic (exact) mass is 540 g/mol. The molecule has 7 heteroatoms. The Morgan fingerprint density at radius 2 is 1.89 bits per heavy atom. The Bertz CT molecular complexity index is 1060. The summed E-state index contributed by atoms with van der Waals surface area (Å²) < 4.78 is 0. The standard InChI is InChI=1S/C31H48N4O2S/c1-20(5-10-28(37)34-15-17-35(18-16-34)29-33-32-21(2)38-29)25-8-9-26-24-7-6-22-19-23(36)11-13-30(22,3)27(24)12-14-31(25,26)4/h6,20,23-27,36H,5,7-19H2,1-4H3/t20?,23-,24-,25+,26-,27-,30-,31+/m0/s1. The molecular weight excluding hydrogens is 492 g/mol. The molecule has 1 amide bonds. The second kappa shape index (κ2) is 10.2. The number of hydrogen-bond acceptors (Lipinski definition) is 6. The molecule has 5 aliphatic rings. The van der Waals surface area contributed by atoms with E-state index in [0.717, 1.165) is 79.3 Å². The van der Waals surface area contributed by atoms with Gasteiger partial charge in [0.2, 0.25) is 11.0 Å². The second-order valence-corrected chi connectivity index (χ2v) is 15.0. The molecule has 1 unspecified atom stereocenters. The summed E-state index contributed by atoms with van der Waals surface area (Å²) >= 11 is 1.64. The summed E-state index contributed by atoms with van der Waals surface area (Å²) in [5, 5.41) is 20.7. The molecule has 4 aliphatic carbocycles. The fourth-order valence-electron chi connectivity index (χ4n) is 9.89. The number of aryl methyl sites for hydroxylation is 1. The van der Waals surface area contributed by atoms with Gasteiger partial charge in [0.05, 0.1) is 6.10 Å². The lowest BCUT2D eigenvalue weighted by molar-refractivity contribution is -0.132. The Labute approximate surface area is 233 Å². The molecule has 3 saturated carbocycles. The van der Waals surface area contributed by atoms with Gasteiger partial charge < -0.3 is 14.9 Å². The van der Waals surface area contributed by atoms with Crippen molar-refractivity contribution in [3.05, 3.63) is 16.7 Å². The van der Waals surface area contributed by atoms with Crippen LogP contribution in [0.25, 0.3) is 0 Å². The molecule has 210 valence electrons. The van der Waals surface area contributed by atoms with E-state index >= 15 is 0 Å². The first-order valence-corrected chi connectivity index (χ1v) is 16.2. The summed E-state index contributed by atoms with van der Waals surface area (Å²) in [7, 11) is 0. The number of hydrogen-bond donors (Lipinski definition) is 1. The molecule has 2 heterocycles. The number of fused-ring (bicyclic) bond motifs is 5. The van der Waals surface area contributed by atoms with E-state index in [9.17, 15) is 9.90 Å². The van der Waals surface area contributed by atoms with E-state index in [1.54, 1.807) is 16.9 Å². The predicted octanol–water partition coefficient (Wildman–Crippen LogP) is 5.85. The Balaban J connectivity index is 1.04. The van der Waals surface area contributed by atoms with Gasteiger partial charge in [-0.2, -0.15) is 0 Å². The SMILES string of the molecule is Cc1nnc(N2CCN(C(=O)CCC(C)[C@H]3CC[C@H]4[C@@H]5CC=C6C[C@@H](O)CC[C@]6(C)[C@H]5CC[C@]34C)CC2)s1. The van der Waals surface area contributed by atoms with Gasteiger partial charge in [-0.05, 0) is 105 Å². The van der Waals surface area contributed by atoms with Gasteiger partial charge in [0.1, 0.15) is 5.01 Å². The number of aromatic nitrogens is 2. The average molecular weight is 541 g/mol. The van der Waals surface area contributed by atoms with Crippen LogP contribution in [0, 0.1) is 47.3 Å². The van der Waals surface area contributed by atoms with Crippen molar-refractivity contribution in [2.24, 2.45) is 40.4 Å². The lowest BCUT2D eigenvalue weighted by Gasteiger charge is -2.58. The molecule has 0 radical (unpaired) electrons. The lowest BCUT2D eigenvalue weighted by atomic mass is 9.47. The fraction of sp³-hybridized carbons (Fsp3) is 0.839. The highest BCUT2D eigenvalue weighted by molar-refractivity contribution is 7.15. The highest BCUT2D eigenvalue weighted by Gasteiger charge is 2.59. The number of aliphatic hydroxyl groups excluding tert-OH is 1. The number of piperazine rings is 1. The zero-order valence-electron chi connectivity index (χ0n) is 24.0. The first-order valence-electron chi connectivity index (χ1n) is 15.4. The largest absolute Gasteiger partial charge is 0.393 e. The van der Waals surface area contributed by atoms with E-state index in [1.165, 1.54) is 38.5 Å². The van der Waals surface area contributed by atoms with Crippen LogP contribution in [-0.4, -0.2) is 58.4 Å². The number of carbonyl (C=O) groups excluding carboxylic acids is 1. The molecule has 6 rings (SSSR count). The van der Waals surface area contributed by atoms with Crippen LogP contribution in [-0.2, 0) is 4.79 Å². The van der Waals surface area contributed by atoms with Gasteiger partial charge >= 0.3 is 0 Å². The van der Waals surface area contributed by atoms with Crippen molar-refractivity contribution in [2.75, 3.05) is 31.1 Å². The van der Waals surface area contributed by atoms with Crippen molar-refractivity contribution >= 4 is 22.4 Å². The van der Waals surface area contributed by atoms with Crippen molar-refractivity contribution in [1.29, 1.82) is 0 Å². The Morgan fingerprint density at radius 3 is 2.63 bits per heavy atom. The average Bonchev–Trinajstić information content (AvgIpc) is 3.50. The quantitative estimate of drug-likeness (QED) is 0.475. The zero-order chi connectivity index (χ0) is 26.7. The van der Waals surface area contributed by atoms with Crippen molar-refractivity contribution in [2.45, 2.75) is 98.0 Å². The number of carbonyl (C=O) groups is 1. The van der Waals surface area contributed by atoms with Crippen LogP contribution in [0.3, 0.4) is 0 Å². The normalized spacial score (nSPS) is 39.7. The van der Waals surface area contributed by atoms with E-state index < -0.39 is 0 Å². The van der Waals surface area contributed by atoms with Crippen LogP contribution < -0.4 is 4.90 Å². The maximum atomic E-state index is 13.2. The van der Waals surface area contributed by atoms with Gasteiger partial charge in [0, 0.05) is 32.6 Å². The maximum absolute atomic E-state index is 13.2. The van der Waals surface area contributed by atoms with Crippen LogP contribution in [0.15, 0.2) is 11.6 Å². The first kappa shape index (κ1) is 26.7. The van der Waals surface area contributed by atoms with E-state index in [2.05, 4.69) is 46.8 Å². The lowest BCUT2D eigenvalue weighted by Crippen LogP contribution is -2.51. The molecule has 1 saturated heterocycles. The number of aliphatic hydroxyl groups is 1. The van der Waals surface area contributed by atoms with Crippen LogP contribution in [0.2, 0.25) is 0 Å². The molecule has 0 spiro atoms. The maximum Gasteiger partial charge on any atom is 0.222 e. The van der Waals surface area contributed by atoms with Crippen molar-refractivity contribution in [3.63, 3.8) is 0 Å². The highest BCUT2D eigenvalue weighted by atomic mass is 32.1. The van der Waals surface area contributed by atoms with E-state index in [0.29, 0.717) is 29.1 Å². The van der Waals surface area contributed by atoms with Crippen LogP contribution in [0.5, 0.6) is 0 Å². The minimum absolute atomic E-state index is 0.123. The Kier molecular flexibility index (Phi) is 7.16.